The molecule has 0 aliphatic rings. The summed E-state index contributed by atoms with van der Waals surface area (Å²) in [6, 6.07) is 6.55. The summed E-state index contributed by atoms with van der Waals surface area (Å²) >= 11 is 0. The highest BCUT2D eigenvalue weighted by molar-refractivity contribution is 7.88. The van der Waals surface area contributed by atoms with Gasteiger partial charge < -0.3 is 5.73 Å². The van der Waals surface area contributed by atoms with Gasteiger partial charge in [0.2, 0.25) is 15.9 Å². The summed E-state index contributed by atoms with van der Waals surface area (Å²) in [5.74, 6) is -1.50. The molecule has 0 bridgehead atoms. The zero-order chi connectivity index (χ0) is 16.0. The number of alkyl halides is 2. The van der Waals surface area contributed by atoms with Gasteiger partial charge in [0.15, 0.2) is 0 Å². The number of hydrogen-bond acceptors (Lipinski definition) is 4. The average molecular weight is 317 g/mol. The van der Waals surface area contributed by atoms with E-state index in [9.17, 15) is 22.0 Å². The van der Waals surface area contributed by atoms with Gasteiger partial charge in [-0.05, 0) is 11.6 Å². The predicted molar refractivity (Wildman–Crippen MR) is 70.4 cm³/mol. The van der Waals surface area contributed by atoms with E-state index in [0.29, 0.717) is 4.31 Å². The van der Waals surface area contributed by atoms with Crippen molar-refractivity contribution in [3.8, 4) is 6.07 Å². The number of benzene rings is 1. The van der Waals surface area contributed by atoms with Crippen molar-refractivity contribution >= 4 is 15.9 Å². The number of halogens is 2. The van der Waals surface area contributed by atoms with Crippen LogP contribution in [0.3, 0.4) is 0 Å². The second-order valence-corrected chi connectivity index (χ2v) is 6.16. The van der Waals surface area contributed by atoms with Gasteiger partial charge in [-0.15, -0.1) is 0 Å². The Morgan fingerprint density at radius 3 is 2.62 bits per heavy atom. The van der Waals surface area contributed by atoms with Crippen molar-refractivity contribution in [3.63, 3.8) is 0 Å². The van der Waals surface area contributed by atoms with Crippen LogP contribution in [0.4, 0.5) is 8.78 Å². The Morgan fingerprint density at radius 1 is 1.43 bits per heavy atom. The molecule has 0 fully saturated rings. The number of nitrogens with zero attached hydrogens (tertiary/aromatic N) is 2. The molecule has 0 saturated carbocycles. The zero-order valence-corrected chi connectivity index (χ0v) is 11.7. The van der Waals surface area contributed by atoms with Crippen molar-refractivity contribution in [3.05, 3.63) is 35.4 Å². The Morgan fingerprint density at radius 2 is 2.10 bits per heavy atom. The lowest BCUT2D eigenvalue weighted by molar-refractivity contribution is -0.118. The van der Waals surface area contributed by atoms with Gasteiger partial charge in [-0.1, -0.05) is 18.2 Å². The summed E-state index contributed by atoms with van der Waals surface area (Å²) in [5.41, 5.74) is 4.76. The SMILES string of the molecule is N#CCN(CC(N)=O)S(=O)(=O)Cc1cccc(C(F)F)c1. The molecular formula is C12H13F2N3O3S. The fourth-order valence-electron chi connectivity index (χ4n) is 1.63. The number of carbonyl (C=O) groups is 1. The van der Waals surface area contributed by atoms with Crippen LogP contribution in [0.25, 0.3) is 0 Å². The standard InChI is InChI=1S/C12H13F2N3O3S/c13-12(14)10-3-1-2-9(6-10)8-21(19,20)17(5-4-15)7-11(16)18/h1-3,6,12H,5,7-8H2,(H2,16,18). The number of nitriles is 1. The van der Waals surface area contributed by atoms with Gasteiger partial charge in [-0.3, -0.25) is 4.79 Å². The molecule has 0 radical (unpaired) electrons. The molecule has 0 aliphatic heterocycles. The summed E-state index contributed by atoms with van der Waals surface area (Å²) in [7, 11) is -4.01. The van der Waals surface area contributed by atoms with Gasteiger partial charge in [0.1, 0.15) is 6.54 Å². The number of hydrogen-bond donors (Lipinski definition) is 1. The van der Waals surface area contributed by atoms with Gasteiger partial charge >= 0.3 is 0 Å². The molecule has 0 aromatic heterocycles. The van der Waals surface area contributed by atoms with Crippen molar-refractivity contribution in [1.29, 1.82) is 5.26 Å². The third-order valence-corrected chi connectivity index (χ3v) is 4.27. The first-order valence-corrected chi connectivity index (χ1v) is 7.37. The minimum atomic E-state index is -4.01. The number of nitrogens with two attached hydrogens (primary N) is 1. The first kappa shape index (κ1) is 17.0. The summed E-state index contributed by atoms with van der Waals surface area (Å²) < 4.78 is 49.9. The second kappa shape index (κ2) is 7.10. The Labute approximate surface area is 120 Å². The largest absolute Gasteiger partial charge is 0.369 e. The third kappa shape index (κ3) is 5.09. The van der Waals surface area contributed by atoms with Crippen LogP contribution >= 0.6 is 0 Å². The monoisotopic (exact) mass is 317 g/mol. The minimum absolute atomic E-state index is 0.139. The number of rotatable bonds is 7. The lowest BCUT2D eigenvalue weighted by Gasteiger charge is -2.17. The van der Waals surface area contributed by atoms with Gasteiger partial charge in [0, 0.05) is 5.56 Å². The van der Waals surface area contributed by atoms with E-state index in [2.05, 4.69) is 0 Å². The number of carbonyl (C=O) groups excluding carboxylic acids is 1. The molecule has 1 aromatic carbocycles. The van der Waals surface area contributed by atoms with Crippen LogP contribution in [0.5, 0.6) is 0 Å². The van der Waals surface area contributed by atoms with Crippen molar-refractivity contribution in [2.75, 3.05) is 13.1 Å². The fourth-order valence-corrected chi connectivity index (χ4v) is 2.99. The molecule has 21 heavy (non-hydrogen) atoms. The molecule has 114 valence electrons. The van der Waals surface area contributed by atoms with Crippen LogP contribution in [-0.2, 0) is 20.6 Å². The van der Waals surface area contributed by atoms with Crippen molar-refractivity contribution in [2.24, 2.45) is 5.73 Å². The first-order valence-electron chi connectivity index (χ1n) is 5.76. The van der Waals surface area contributed by atoms with E-state index in [0.717, 1.165) is 6.07 Å². The zero-order valence-electron chi connectivity index (χ0n) is 10.9. The Hall–Kier alpha value is -2.05. The first-order chi connectivity index (χ1) is 9.76. The van der Waals surface area contributed by atoms with Gasteiger partial charge in [-0.25, -0.2) is 17.2 Å². The highest BCUT2D eigenvalue weighted by Gasteiger charge is 2.24. The van der Waals surface area contributed by atoms with Crippen LogP contribution in [0.15, 0.2) is 24.3 Å². The fraction of sp³-hybridized carbons (Fsp3) is 0.333. The van der Waals surface area contributed by atoms with E-state index < -0.39 is 41.2 Å². The second-order valence-electron chi connectivity index (χ2n) is 4.19. The molecule has 0 spiro atoms. The van der Waals surface area contributed by atoms with Crippen LogP contribution in [0, 0.1) is 11.3 Å². The third-order valence-electron chi connectivity index (χ3n) is 2.52. The molecule has 0 saturated heterocycles. The van der Waals surface area contributed by atoms with Gasteiger partial charge in [0.25, 0.3) is 6.43 Å². The topological polar surface area (TPSA) is 104 Å². The molecule has 0 heterocycles. The number of amides is 1. The van der Waals surface area contributed by atoms with Crippen LogP contribution < -0.4 is 5.73 Å². The molecule has 9 heteroatoms. The minimum Gasteiger partial charge on any atom is -0.369 e. The summed E-state index contributed by atoms with van der Waals surface area (Å²) in [6.07, 6.45) is -2.71. The highest BCUT2D eigenvalue weighted by Crippen LogP contribution is 2.21. The lowest BCUT2D eigenvalue weighted by Crippen LogP contribution is -2.39. The van der Waals surface area contributed by atoms with Gasteiger partial charge in [0.05, 0.1) is 18.4 Å². The van der Waals surface area contributed by atoms with E-state index in [1.54, 1.807) is 6.07 Å². The molecule has 0 aliphatic carbocycles. The molecule has 1 amide bonds. The maximum absolute atomic E-state index is 12.6. The van der Waals surface area contributed by atoms with Gasteiger partial charge in [-0.2, -0.15) is 9.57 Å². The Kier molecular flexibility index (Phi) is 5.75. The van der Waals surface area contributed by atoms with Crippen LogP contribution in [-0.4, -0.2) is 31.7 Å². The van der Waals surface area contributed by atoms with E-state index in [4.69, 9.17) is 11.0 Å². The van der Waals surface area contributed by atoms with Crippen molar-refractivity contribution in [1.82, 2.24) is 4.31 Å². The molecule has 2 N–H and O–H groups in total. The quantitative estimate of drug-likeness (QED) is 0.750. The summed E-state index contributed by atoms with van der Waals surface area (Å²) in [4.78, 5) is 10.8. The summed E-state index contributed by atoms with van der Waals surface area (Å²) in [6.45, 7) is -1.18. The molecule has 0 unspecified atom stereocenters. The highest BCUT2D eigenvalue weighted by atomic mass is 32.2. The normalized spacial score (nSPS) is 11.6. The Balaban J connectivity index is 3.00. The molecule has 1 rings (SSSR count). The number of primary amides is 1. The van der Waals surface area contributed by atoms with E-state index in [1.165, 1.54) is 18.2 Å². The van der Waals surface area contributed by atoms with E-state index in [-0.39, 0.29) is 11.1 Å². The lowest BCUT2D eigenvalue weighted by atomic mass is 10.1. The molecule has 0 atom stereocenters. The molecule has 6 nitrogen and oxygen atoms in total. The Bertz CT molecular complexity index is 656. The van der Waals surface area contributed by atoms with E-state index >= 15 is 0 Å². The van der Waals surface area contributed by atoms with Crippen molar-refractivity contribution in [2.45, 2.75) is 12.2 Å². The van der Waals surface area contributed by atoms with Crippen LogP contribution in [0.2, 0.25) is 0 Å². The van der Waals surface area contributed by atoms with E-state index in [1.807, 2.05) is 0 Å². The van der Waals surface area contributed by atoms with Crippen molar-refractivity contribution < 1.29 is 22.0 Å². The number of sulfonamides is 1. The average Bonchev–Trinajstić information content (AvgIpc) is 2.37. The summed E-state index contributed by atoms with van der Waals surface area (Å²) in [5, 5.41) is 8.59. The molecule has 1 aromatic rings. The maximum Gasteiger partial charge on any atom is 0.263 e. The predicted octanol–water partition coefficient (Wildman–Crippen LogP) is 0.765. The smallest absolute Gasteiger partial charge is 0.263 e. The molecular weight excluding hydrogens is 304 g/mol. The maximum atomic E-state index is 12.6. The van der Waals surface area contributed by atoms with Crippen LogP contribution in [0.1, 0.15) is 17.6 Å².